The average molecular weight is 250 g/mol. The number of nitriles is 1. The van der Waals surface area contributed by atoms with E-state index in [9.17, 15) is 0 Å². The molecule has 0 bridgehead atoms. The monoisotopic (exact) mass is 249 g/mol. The lowest BCUT2D eigenvalue weighted by molar-refractivity contribution is 0.545. The van der Waals surface area contributed by atoms with Crippen molar-refractivity contribution < 1.29 is 0 Å². The molecule has 0 N–H and O–H groups in total. The predicted octanol–water partition coefficient (Wildman–Crippen LogP) is 3.23. The quantitative estimate of drug-likeness (QED) is 0.772. The van der Waals surface area contributed by atoms with Crippen LogP contribution in [0.1, 0.15) is 31.2 Å². The van der Waals surface area contributed by atoms with Crippen LogP contribution in [0.15, 0.2) is 12.1 Å². The summed E-state index contributed by atoms with van der Waals surface area (Å²) in [5.41, 5.74) is 0.568. The third-order valence-electron chi connectivity index (χ3n) is 3.31. The number of halogens is 1. The highest BCUT2D eigenvalue weighted by Gasteiger charge is 2.17. The van der Waals surface area contributed by atoms with Gasteiger partial charge in [0, 0.05) is 13.6 Å². The summed E-state index contributed by atoms with van der Waals surface area (Å²) in [4.78, 5) is 6.36. The number of anilines is 1. The molecule has 0 aromatic carbocycles. The van der Waals surface area contributed by atoms with Crippen LogP contribution in [-0.2, 0) is 0 Å². The Morgan fingerprint density at radius 1 is 1.47 bits per heavy atom. The molecule has 1 saturated carbocycles. The van der Waals surface area contributed by atoms with Gasteiger partial charge in [0.15, 0.2) is 0 Å². The molecule has 1 aliphatic rings. The summed E-state index contributed by atoms with van der Waals surface area (Å²) in [5, 5.41) is 9.28. The van der Waals surface area contributed by atoms with Crippen molar-refractivity contribution in [1.29, 1.82) is 5.26 Å². The van der Waals surface area contributed by atoms with E-state index in [0.29, 0.717) is 10.7 Å². The van der Waals surface area contributed by atoms with Gasteiger partial charge in [0.05, 0.1) is 11.6 Å². The normalized spacial score (nSPS) is 15.8. The van der Waals surface area contributed by atoms with Crippen molar-refractivity contribution in [2.24, 2.45) is 5.92 Å². The fraction of sp³-hybridized carbons (Fsp3) is 0.538. The summed E-state index contributed by atoms with van der Waals surface area (Å²) in [6.45, 7) is 0.998. The summed E-state index contributed by atoms with van der Waals surface area (Å²) in [6.07, 6.45) is 5.28. The van der Waals surface area contributed by atoms with Crippen molar-refractivity contribution in [1.82, 2.24) is 4.98 Å². The highest BCUT2D eigenvalue weighted by atomic mass is 35.5. The van der Waals surface area contributed by atoms with Crippen LogP contribution >= 0.6 is 11.6 Å². The van der Waals surface area contributed by atoms with Crippen molar-refractivity contribution in [2.75, 3.05) is 18.5 Å². The van der Waals surface area contributed by atoms with Gasteiger partial charge in [-0.3, -0.25) is 0 Å². The number of nitrogens with zero attached hydrogens (tertiary/aromatic N) is 3. The van der Waals surface area contributed by atoms with Crippen molar-refractivity contribution in [2.45, 2.75) is 25.7 Å². The van der Waals surface area contributed by atoms with Crippen LogP contribution in [0.5, 0.6) is 0 Å². The zero-order chi connectivity index (χ0) is 12.3. The molecule has 0 amide bonds. The van der Waals surface area contributed by atoms with Gasteiger partial charge in [-0.25, -0.2) is 4.98 Å². The highest BCUT2D eigenvalue weighted by Crippen LogP contribution is 2.27. The first-order valence-corrected chi connectivity index (χ1v) is 6.35. The van der Waals surface area contributed by atoms with Crippen LogP contribution in [0.2, 0.25) is 5.15 Å². The molecule has 4 heteroatoms. The molecule has 0 unspecified atom stereocenters. The van der Waals surface area contributed by atoms with Gasteiger partial charge in [0.2, 0.25) is 0 Å². The Morgan fingerprint density at radius 2 is 2.18 bits per heavy atom. The second-order valence-electron chi connectivity index (χ2n) is 4.68. The number of hydrogen-bond acceptors (Lipinski definition) is 3. The molecule has 90 valence electrons. The van der Waals surface area contributed by atoms with Crippen LogP contribution in [-0.4, -0.2) is 18.6 Å². The molecule has 1 fully saturated rings. The van der Waals surface area contributed by atoms with E-state index in [1.165, 1.54) is 25.7 Å². The molecule has 1 aromatic rings. The summed E-state index contributed by atoms with van der Waals surface area (Å²) < 4.78 is 0. The van der Waals surface area contributed by atoms with Crippen molar-refractivity contribution in [3.05, 3.63) is 22.8 Å². The molecule has 0 aliphatic heterocycles. The average Bonchev–Trinajstić information content (AvgIpc) is 2.81. The van der Waals surface area contributed by atoms with E-state index < -0.39 is 0 Å². The van der Waals surface area contributed by atoms with Gasteiger partial charge in [0.1, 0.15) is 11.0 Å². The van der Waals surface area contributed by atoms with E-state index in [2.05, 4.69) is 16.0 Å². The molecular formula is C13H16ClN3. The molecule has 2 rings (SSSR count). The Bertz CT molecular complexity index is 433. The van der Waals surface area contributed by atoms with E-state index in [0.717, 1.165) is 18.3 Å². The van der Waals surface area contributed by atoms with Crippen LogP contribution in [0.4, 0.5) is 5.82 Å². The van der Waals surface area contributed by atoms with Gasteiger partial charge in [-0.15, -0.1) is 0 Å². The maximum absolute atomic E-state index is 8.90. The topological polar surface area (TPSA) is 39.9 Å². The lowest BCUT2D eigenvalue weighted by atomic mass is 10.1. The molecule has 3 nitrogen and oxygen atoms in total. The Hall–Kier alpha value is -1.27. The fourth-order valence-corrected chi connectivity index (χ4v) is 2.62. The molecule has 0 radical (unpaired) electrons. The van der Waals surface area contributed by atoms with Gasteiger partial charge in [0.25, 0.3) is 0 Å². The molecule has 0 spiro atoms. The number of hydrogen-bond donors (Lipinski definition) is 0. The first-order chi connectivity index (χ1) is 8.19. The minimum absolute atomic E-state index is 0.386. The lowest BCUT2D eigenvalue weighted by Gasteiger charge is -2.22. The lowest BCUT2D eigenvalue weighted by Crippen LogP contribution is -2.24. The molecular weight excluding hydrogens is 234 g/mol. The fourth-order valence-electron chi connectivity index (χ4n) is 2.42. The van der Waals surface area contributed by atoms with Crippen LogP contribution in [0, 0.1) is 17.2 Å². The predicted molar refractivity (Wildman–Crippen MR) is 69.2 cm³/mol. The van der Waals surface area contributed by atoms with E-state index >= 15 is 0 Å². The second-order valence-corrected chi connectivity index (χ2v) is 5.07. The van der Waals surface area contributed by atoms with E-state index in [-0.39, 0.29) is 0 Å². The molecule has 0 saturated heterocycles. The number of rotatable bonds is 3. The van der Waals surface area contributed by atoms with Crippen molar-refractivity contribution in [3.8, 4) is 6.07 Å². The van der Waals surface area contributed by atoms with E-state index in [4.69, 9.17) is 16.9 Å². The molecule has 17 heavy (non-hydrogen) atoms. The van der Waals surface area contributed by atoms with Crippen LogP contribution < -0.4 is 4.90 Å². The van der Waals surface area contributed by atoms with Crippen molar-refractivity contribution in [3.63, 3.8) is 0 Å². The molecule has 1 heterocycles. The van der Waals surface area contributed by atoms with E-state index in [1.54, 1.807) is 12.1 Å². The smallest absolute Gasteiger partial charge is 0.132 e. The van der Waals surface area contributed by atoms with Gasteiger partial charge in [-0.1, -0.05) is 24.4 Å². The number of pyridine rings is 1. The highest BCUT2D eigenvalue weighted by molar-refractivity contribution is 6.29. The van der Waals surface area contributed by atoms with Gasteiger partial charge >= 0.3 is 0 Å². The Kier molecular flexibility index (Phi) is 3.86. The Morgan fingerprint density at radius 3 is 2.82 bits per heavy atom. The minimum atomic E-state index is 0.386. The summed E-state index contributed by atoms with van der Waals surface area (Å²) >= 11 is 5.90. The summed E-state index contributed by atoms with van der Waals surface area (Å²) in [7, 11) is 2.01. The van der Waals surface area contributed by atoms with Crippen LogP contribution in [0.3, 0.4) is 0 Å². The summed E-state index contributed by atoms with van der Waals surface area (Å²) in [6, 6.07) is 5.49. The SMILES string of the molecule is CN(CC1CCCC1)c1cc(C#N)cc(Cl)n1. The first-order valence-electron chi connectivity index (χ1n) is 5.98. The summed E-state index contributed by atoms with van der Waals surface area (Å²) in [5.74, 6) is 1.55. The van der Waals surface area contributed by atoms with Crippen molar-refractivity contribution >= 4 is 17.4 Å². The van der Waals surface area contributed by atoms with E-state index in [1.807, 2.05) is 7.05 Å². The van der Waals surface area contributed by atoms with Gasteiger partial charge < -0.3 is 4.90 Å². The van der Waals surface area contributed by atoms with Crippen LogP contribution in [0.25, 0.3) is 0 Å². The Labute approximate surface area is 107 Å². The zero-order valence-corrected chi connectivity index (χ0v) is 10.7. The Balaban J connectivity index is 2.10. The van der Waals surface area contributed by atoms with Gasteiger partial charge in [-0.2, -0.15) is 5.26 Å². The third-order valence-corrected chi connectivity index (χ3v) is 3.50. The van der Waals surface area contributed by atoms with Gasteiger partial charge in [-0.05, 0) is 30.9 Å². The maximum atomic E-state index is 8.90. The zero-order valence-electron chi connectivity index (χ0n) is 9.99. The number of aromatic nitrogens is 1. The first kappa shape index (κ1) is 12.2. The molecule has 1 aromatic heterocycles. The maximum Gasteiger partial charge on any atom is 0.132 e. The largest absolute Gasteiger partial charge is 0.359 e. The molecule has 1 aliphatic carbocycles. The second kappa shape index (κ2) is 5.37. The third kappa shape index (κ3) is 3.10. The minimum Gasteiger partial charge on any atom is -0.359 e. The molecule has 0 atom stereocenters. The standard InChI is InChI=1S/C13H16ClN3/c1-17(9-10-4-2-3-5-10)13-7-11(8-15)6-12(14)16-13/h6-7,10H,2-5,9H2,1H3.